The van der Waals surface area contributed by atoms with E-state index in [-0.39, 0.29) is 5.91 Å². The average Bonchev–Trinajstić information content (AvgIpc) is 2.74. The summed E-state index contributed by atoms with van der Waals surface area (Å²) in [6.45, 7) is 7.48. The third kappa shape index (κ3) is 6.08. The van der Waals surface area contributed by atoms with Crippen LogP contribution in [0.4, 0.5) is 17.1 Å². The number of amides is 1. The largest absolute Gasteiger partial charge is 0.321 e. The zero-order chi connectivity index (χ0) is 20.6. The molecule has 0 unspecified atom stereocenters. The number of benzene rings is 3. The number of carbonyl (C=O) groups excluding carboxylic acids is 1. The molecule has 0 spiro atoms. The summed E-state index contributed by atoms with van der Waals surface area (Å²) < 4.78 is 0. The predicted octanol–water partition coefficient (Wildman–Crippen LogP) is 6.18. The molecular weight excluding hydrogens is 407 g/mol. The van der Waals surface area contributed by atoms with Gasteiger partial charge in [0.2, 0.25) is 0 Å². The van der Waals surface area contributed by atoms with Gasteiger partial charge in [-0.1, -0.05) is 47.5 Å². The van der Waals surface area contributed by atoms with Crippen LogP contribution >= 0.6 is 23.2 Å². The van der Waals surface area contributed by atoms with Crippen LogP contribution in [0.5, 0.6) is 0 Å². The molecule has 0 heterocycles. The second kappa shape index (κ2) is 9.74. The van der Waals surface area contributed by atoms with Crippen LogP contribution in [0.2, 0.25) is 10.0 Å². The molecule has 0 fully saturated rings. The number of rotatable bonds is 6. The van der Waals surface area contributed by atoms with Crippen molar-refractivity contribution in [2.24, 2.45) is 5.10 Å². The fraction of sp³-hybridized carbons (Fsp3) is 0.0455. The molecule has 0 aliphatic rings. The van der Waals surface area contributed by atoms with Gasteiger partial charge in [-0.2, -0.15) is 5.10 Å². The number of carbonyl (C=O) groups is 1. The lowest BCUT2D eigenvalue weighted by molar-refractivity contribution is -0.110. The van der Waals surface area contributed by atoms with Crippen molar-refractivity contribution in [2.45, 2.75) is 6.54 Å². The minimum atomic E-state index is -0.366. The summed E-state index contributed by atoms with van der Waals surface area (Å²) >= 11 is 11.8. The van der Waals surface area contributed by atoms with E-state index in [1.165, 1.54) is 6.21 Å². The fourth-order valence-corrected chi connectivity index (χ4v) is 2.74. The average molecular weight is 423 g/mol. The molecular formula is C22H16Cl2N4O. The van der Waals surface area contributed by atoms with Crippen molar-refractivity contribution in [1.82, 2.24) is 0 Å². The van der Waals surface area contributed by atoms with Gasteiger partial charge in [0.1, 0.15) is 6.21 Å². The van der Waals surface area contributed by atoms with Crippen LogP contribution in [0.3, 0.4) is 0 Å². The maximum atomic E-state index is 12.2. The predicted molar refractivity (Wildman–Crippen MR) is 119 cm³/mol. The lowest BCUT2D eigenvalue weighted by Crippen LogP contribution is -2.20. The number of hydrogen-bond acceptors (Lipinski definition) is 3. The third-order valence-electron chi connectivity index (χ3n) is 3.95. The Morgan fingerprint density at radius 2 is 1.55 bits per heavy atom. The van der Waals surface area contributed by atoms with Gasteiger partial charge in [-0.25, -0.2) is 4.85 Å². The van der Waals surface area contributed by atoms with Crippen LogP contribution in [0.1, 0.15) is 5.56 Å². The van der Waals surface area contributed by atoms with Crippen molar-refractivity contribution in [3.8, 4) is 0 Å². The molecule has 3 aromatic carbocycles. The van der Waals surface area contributed by atoms with Crippen LogP contribution in [0, 0.1) is 6.57 Å². The highest BCUT2D eigenvalue weighted by Gasteiger charge is 2.08. The Balaban J connectivity index is 1.77. The second-order valence-electron chi connectivity index (χ2n) is 6.05. The van der Waals surface area contributed by atoms with Gasteiger partial charge < -0.3 is 5.32 Å². The van der Waals surface area contributed by atoms with Gasteiger partial charge in [0.05, 0.1) is 18.8 Å². The maximum absolute atomic E-state index is 12.2. The molecule has 1 N–H and O–H groups in total. The minimum absolute atomic E-state index is 0.366. The van der Waals surface area contributed by atoms with Crippen molar-refractivity contribution in [3.05, 3.63) is 99.8 Å². The topological polar surface area (TPSA) is 49.1 Å². The first-order valence-corrected chi connectivity index (χ1v) is 9.39. The van der Waals surface area contributed by atoms with E-state index in [2.05, 4.69) is 15.3 Å². The highest BCUT2D eigenvalue weighted by atomic mass is 35.5. The van der Waals surface area contributed by atoms with E-state index in [0.29, 0.717) is 28.0 Å². The number of halogens is 2. The van der Waals surface area contributed by atoms with Crippen molar-refractivity contribution in [2.75, 3.05) is 10.3 Å². The number of nitrogens with zero attached hydrogens (tertiary/aromatic N) is 3. The summed E-state index contributed by atoms with van der Waals surface area (Å²) in [5.41, 5.74) is 2.91. The Hall–Kier alpha value is -3.33. The molecule has 0 saturated carbocycles. The first kappa shape index (κ1) is 20.4. The maximum Gasteiger partial charge on any atom is 0.268 e. The molecule has 0 aromatic heterocycles. The van der Waals surface area contributed by atoms with Crippen molar-refractivity contribution in [1.29, 1.82) is 0 Å². The number of nitrogens with one attached hydrogen (secondary N) is 1. The first-order valence-electron chi connectivity index (χ1n) is 8.63. The normalized spacial score (nSPS) is 10.5. The van der Waals surface area contributed by atoms with Gasteiger partial charge >= 0.3 is 0 Å². The first-order chi connectivity index (χ1) is 14.0. The molecule has 3 aromatic rings. The van der Waals surface area contributed by atoms with E-state index in [4.69, 9.17) is 29.8 Å². The number of hydrazone groups is 1. The van der Waals surface area contributed by atoms with Gasteiger partial charge in [-0.3, -0.25) is 9.80 Å². The quantitative estimate of drug-likeness (QED) is 0.293. The second-order valence-corrected chi connectivity index (χ2v) is 6.93. The molecule has 0 aliphatic carbocycles. The minimum Gasteiger partial charge on any atom is -0.321 e. The monoisotopic (exact) mass is 422 g/mol. The molecule has 144 valence electrons. The fourth-order valence-electron chi connectivity index (χ4n) is 2.49. The zero-order valence-corrected chi connectivity index (χ0v) is 16.7. The molecule has 0 bridgehead atoms. The Morgan fingerprint density at radius 3 is 2.14 bits per heavy atom. The van der Waals surface area contributed by atoms with E-state index in [9.17, 15) is 4.79 Å². The van der Waals surface area contributed by atoms with E-state index in [1.54, 1.807) is 53.5 Å². The zero-order valence-electron chi connectivity index (χ0n) is 15.2. The van der Waals surface area contributed by atoms with Gasteiger partial charge in [0, 0.05) is 15.7 Å². The smallest absolute Gasteiger partial charge is 0.268 e. The van der Waals surface area contributed by atoms with Crippen LogP contribution in [0.25, 0.3) is 4.85 Å². The van der Waals surface area contributed by atoms with Gasteiger partial charge in [0.25, 0.3) is 5.91 Å². The van der Waals surface area contributed by atoms with Gasteiger partial charge in [-0.15, -0.1) is 0 Å². The third-order valence-corrected chi connectivity index (χ3v) is 4.45. The van der Waals surface area contributed by atoms with E-state index >= 15 is 0 Å². The molecule has 0 atom stereocenters. The highest BCUT2D eigenvalue weighted by Crippen LogP contribution is 2.22. The molecule has 7 heteroatoms. The molecule has 0 radical (unpaired) electrons. The summed E-state index contributed by atoms with van der Waals surface area (Å²) in [7, 11) is 0. The number of hydrogen-bond donors (Lipinski definition) is 1. The lowest BCUT2D eigenvalue weighted by Gasteiger charge is -2.19. The summed E-state index contributed by atoms with van der Waals surface area (Å²) in [6, 6.07) is 21.2. The molecule has 5 nitrogen and oxygen atoms in total. The Bertz CT molecular complexity index is 1040. The molecule has 0 aliphatic heterocycles. The summed E-state index contributed by atoms with van der Waals surface area (Å²) in [5.74, 6) is -0.366. The van der Waals surface area contributed by atoms with Crippen LogP contribution < -0.4 is 10.3 Å². The molecule has 29 heavy (non-hydrogen) atoms. The Labute approximate surface area is 179 Å². The van der Waals surface area contributed by atoms with Crippen LogP contribution in [0.15, 0.2) is 77.9 Å². The SMILES string of the molecule is [C-]#[N+]c1ccc(CN(N=CC(=O)Nc2ccc(Cl)cc2)c2ccc(Cl)cc2)cc1. The van der Waals surface area contributed by atoms with E-state index in [0.717, 1.165) is 11.3 Å². The van der Waals surface area contributed by atoms with Crippen LogP contribution in [-0.2, 0) is 11.3 Å². The van der Waals surface area contributed by atoms with Crippen molar-refractivity contribution in [3.63, 3.8) is 0 Å². The standard InChI is InChI=1S/C22H16Cl2N4O/c1-25-19-8-2-16(3-9-19)15-28(21-12-6-18(24)7-13-21)26-14-22(29)27-20-10-4-17(23)5-11-20/h2-14H,15H2,(H,27,29). The Morgan fingerprint density at radius 1 is 0.966 bits per heavy atom. The van der Waals surface area contributed by atoms with E-state index in [1.807, 2.05) is 24.3 Å². The van der Waals surface area contributed by atoms with Gasteiger partial charge in [-0.05, 0) is 54.1 Å². The van der Waals surface area contributed by atoms with Crippen molar-refractivity contribution >= 4 is 52.4 Å². The Kier molecular flexibility index (Phi) is 6.85. The lowest BCUT2D eigenvalue weighted by atomic mass is 10.2. The molecule has 1 amide bonds. The molecule has 3 rings (SSSR count). The number of anilines is 2. The van der Waals surface area contributed by atoms with E-state index < -0.39 is 0 Å². The summed E-state index contributed by atoms with van der Waals surface area (Å²) in [6.07, 6.45) is 1.22. The van der Waals surface area contributed by atoms with Gasteiger partial charge in [0.15, 0.2) is 5.69 Å². The van der Waals surface area contributed by atoms with Crippen LogP contribution in [-0.4, -0.2) is 12.1 Å². The molecule has 0 saturated heterocycles. The summed E-state index contributed by atoms with van der Waals surface area (Å²) in [5, 5.41) is 9.97. The summed E-state index contributed by atoms with van der Waals surface area (Å²) in [4.78, 5) is 15.6. The highest BCUT2D eigenvalue weighted by molar-refractivity contribution is 6.32. The van der Waals surface area contributed by atoms with Crippen molar-refractivity contribution < 1.29 is 4.79 Å².